The van der Waals surface area contributed by atoms with Gasteiger partial charge in [0.1, 0.15) is 18.1 Å². The van der Waals surface area contributed by atoms with Crippen LogP contribution in [0, 0.1) is 13.8 Å². The van der Waals surface area contributed by atoms with Crippen molar-refractivity contribution >= 4 is 5.91 Å². The molecule has 2 aromatic carbocycles. The van der Waals surface area contributed by atoms with E-state index in [1.807, 2.05) is 56.0 Å². The predicted molar refractivity (Wildman–Crippen MR) is 105 cm³/mol. The Morgan fingerprint density at radius 1 is 0.923 bits per heavy atom. The molecule has 0 unspecified atom stereocenters. The molecule has 2 aromatic rings. The Balaban J connectivity index is 2.24. The molecule has 4 nitrogen and oxygen atoms in total. The Kier molecular flexibility index (Phi) is 7.07. The number of hydrogen-bond acceptors (Lipinski definition) is 3. The van der Waals surface area contributed by atoms with E-state index >= 15 is 0 Å². The van der Waals surface area contributed by atoms with Crippen LogP contribution in [0.5, 0.6) is 11.5 Å². The summed E-state index contributed by atoms with van der Waals surface area (Å²) in [6.07, 6.45) is 0. The third-order valence-electron chi connectivity index (χ3n) is 4.53. The number of carbonyl (C=O) groups is 1. The molecule has 4 heteroatoms. The molecule has 2 rings (SSSR count). The molecule has 0 spiro atoms. The van der Waals surface area contributed by atoms with Gasteiger partial charge < -0.3 is 14.4 Å². The van der Waals surface area contributed by atoms with Crippen LogP contribution in [-0.4, -0.2) is 30.5 Å². The van der Waals surface area contributed by atoms with E-state index in [0.29, 0.717) is 31.9 Å². The highest BCUT2D eigenvalue weighted by atomic mass is 16.5. The van der Waals surface area contributed by atoms with Gasteiger partial charge in [-0.1, -0.05) is 6.07 Å². The Morgan fingerprint density at radius 2 is 1.65 bits per heavy atom. The molecule has 0 radical (unpaired) electrons. The number of carbonyl (C=O) groups excluding carboxylic acids is 1. The van der Waals surface area contributed by atoms with Gasteiger partial charge in [-0.2, -0.15) is 0 Å². The zero-order valence-electron chi connectivity index (χ0n) is 16.5. The van der Waals surface area contributed by atoms with E-state index in [1.54, 1.807) is 0 Å². The second-order valence-corrected chi connectivity index (χ2v) is 6.27. The first-order chi connectivity index (χ1) is 12.5. The molecule has 0 N–H and O–H groups in total. The molecule has 0 aromatic heterocycles. The maximum atomic E-state index is 12.6. The molecule has 0 heterocycles. The summed E-state index contributed by atoms with van der Waals surface area (Å²) in [5, 5.41) is 0. The highest BCUT2D eigenvalue weighted by Crippen LogP contribution is 2.24. The molecule has 0 fully saturated rings. The average Bonchev–Trinajstić information content (AvgIpc) is 2.64. The van der Waals surface area contributed by atoms with Crippen LogP contribution in [0.1, 0.15) is 47.8 Å². The molecule has 140 valence electrons. The molecule has 0 saturated carbocycles. The first-order valence-electron chi connectivity index (χ1n) is 9.25. The molecule has 0 aliphatic carbocycles. The van der Waals surface area contributed by atoms with E-state index in [9.17, 15) is 4.79 Å². The molecule has 0 saturated heterocycles. The van der Waals surface area contributed by atoms with Crippen molar-refractivity contribution in [3.63, 3.8) is 0 Å². The van der Waals surface area contributed by atoms with Crippen molar-refractivity contribution < 1.29 is 14.3 Å². The van der Waals surface area contributed by atoms with E-state index in [4.69, 9.17) is 9.47 Å². The number of hydrogen-bond donors (Lipinski definition) is 0. The smallest absolute Gasteiger partial charge is 0.253 e. The summed E-state index contributed by atoms with van der Waals surface area (Å²) in [5.74, 6) is 1.61. The van der Waals surface area contributed by atoms with E-state index in [-0.39, 0.29) is 5.91 Å². The van der Waals surface area contributed by atoms with Crippen molar-refractivity contribution in [1.29, 1.82) is 0 Å². The molecular formula is C22H29NO3. The van der Waals surface area contributed by atoms with Gasteiger partial charge in [0.05, 0.1) is 6.61 Å². The average molecular weight is 355 g/mol. The summed E-state index contributed by atoms with van der Waals surface area (Å²) >= 11 is 0. The van der Waals surface area contributed by atoms with Gasteiger partial charge in [-0.3, -0.25) is 4.79 Å². The number of rotatable bonds is 8. The van der Waals surface area contributed by atoms with Gasteiger partial charge >= 0.3 is 0 Å². The Bertz CT molecular complexity index is 751. The fourth-order valence-electron chi connectivity index (χ4n) is 2.78. The maximum Gasteiger partial charge on any atom is 0.253 e. The van der Waals surface area contributed by atoms with Crippen LogP contribution in [0.25, 0.3) is 0 Å². The number of aryl methyl sites for hydroxylation is 2. The second kappa shape index (κ2) is 9.27. The molecular weight excluding hydrogens is 326 g/mol. The van der Waals surface area contributed by atoms with E-state index in [2.05, 4.69) is 19.9 Å². The van der Waals surface area contributed by atoms with Gasteiger partial charge in [0.15, 0.2) is 0 Å². The molecule has 26 heavy (non-hydrogen) atoms. The van der Waals surface area contributed by atoms with E-state index in [0.717, 1.165) is 17.1 Å². The van der Waals surface area contributed by atoms with Crippen LogP contribution in [0.15, 0.2) is 36.4 Å². The summed E-state index contributed by atoms with van der Waals surface area (Å²) in [7, 11) is 0. The zero-order chi connectivity index (χ0) is 19.1. The normalized spacial score (nSPS) is 10.5. The number of nitrogens with zero attached hydrogens (tertiary/aromatic N) is 1. The maximum absolute atomic E-state index is 12.6. The zero-order valence-corrected chi connectivity index (χ0v) is 16.5. The fourth-order valence-corrected chi connectivity index (χ4v) is 2.78. The predicted octanol–water partition coefficient (Wildman–Crippen LogP) is 4.76. The van der Waals surface area contributed by atoms with E-state index < -0.39 is 0 Å². The first kappa shape index (κ1) is 19.8. The lowest BCUT2D eigenvalue weighted by molar-refractivity contribution is 0.0772. The summed E-state index contributed by atoms with van der Waals surface area (Å²) in [4.78, 5) is 14.4. The summed E-state index contributed by atoms with van der Waals surface area (Å²) < 4.78 is 11.7. The van der Waals surface area contributed by atoms with Gasteiger partial charge in [-0.25, -0.2) is 0 Å². The topological polar surface area (TPSA) is 38.8 Å². The van der Waals surface area contributed by atoms with Gasteiger partial charge in [0, 0.05) is 24.2 Å². The molecule has 0 aliphatic rings. The van der Waals surface area contributed by atoms with Crippen molar-refractivity contribution in [2.45, 2.75) is 41.2 Å². The monoisotopic (exact) mass is 355 g/mol. The Labute approximate surface area is 156 Å². The van der Waals surface area contributed by atoms with Gasteiger partial charge in [0.25, 0.3) is 5.91 Å². The lowest BCUT2D eigenvalue weighted by atomic mass is 10.1. The molecule has 0 aliphatic heterocycles. The minimum atomic E-state index is 0.0329. The highest BCUT2D eigenvalue weighted by Gasteiger charge is 2.15. The van der Waals surface area contributed by atoms with Crippen LogP contribution in [0.2, 0.25) is 0 Å². The second-order valence-electron chi connectivity index (χ2n) is 6.27. The fraction of sp³-hybridized carbons (Fsp3) is 0.409. The lowest BCUT2D eigenvalue weighted by Gasteiger charge is -2.20. The summed E-state index contributed by atoms with van der Waals surface area (Å²) in [5.41, 5.74) is 3.97. The van der Waals surface area contributed by atoms with Gasteiger partial charge in [-0.15, -0.1) is 0 Å². The Morgan fingerprint density at radius 3 is 2.27 bits per heavy atom. The van der Waals surface area contributed by atoms with E-state index in [1.165, 1.54) is 11.1 Å². The van der Waals surface area contributed by atoms with Crippen molar-refractivity contribution in [1.82, 2.24) is 4.90 Å². The largest absolute Gasteiger partial charge is 0.493 e. The van der Waals surface area contributed by atoms with Crippen molar-refractivity contribution in [3.8, 4) is 11.5 Å². The number of ether oxygens (including phenoxy) is 2. The Hall–Kier alpha value is -2.49. The third-order valence-corrected chi connectivity index (χ3v) is 4.53. The van der Waals surface area contributed by atoms with Crippen molar-refractivity contribution in [3.05, 3.63) is 58.7 Å². The minimum Gasteiger partial charge on any atom is -0.493 e. The quantitative estimate of drug-likeness (QED) is 0.685. The van der Waals surface area contributed by atoms with Crippen molar-refractivity contribution in [2.24, 2.45) is 0 Å². The van der Waals surface area contributed by atoms with Crippen molar-refractivity contribution in [2.75, 3.05) is 19.7 Å². The van der Waals surface area contributed by atoms with Gasteiger partial charge in [0.2, 0.25) is 0 Å². The minimum absolute atomic E-state index is 0.0329. The first-order valence-corrected chi connectivity index (χ1v) is 9.25. The highest BCUT2D eigenvalue weighted by molar-refractivity contribution is 5.94. The van der Waals surface area contributed by atoms with Crippen LogP contribution in [0.3, 0.4) is 0 Å². The summed E-state index contributed by atoms with van der Waals surface area (Å²) in [6, 6.07) is 11.6. The molecule has 0 bridgehead atoms. The van der Waals surface area contributed by atoms with Crippen LogP contribution < -0.4 is 9.47 Å². The lowest BCUT2D eigenvalue weighted by Crippen LogP contribution is -2.30. The van der Waals surface area contributed by atoms with Crippen LogP contribution in [-0.2, 0) is 6.61 Å². The standard InChI is InChI=1S/C22H29NO3/c1-6-23(7-2)22(24)18-10-12-21(25-8-3)19(14-18)15-26-20-11-9-16(4)17(5)13-20/h9-14H,6-8,15H2,1-5H3. The van der Waals surface area contributed by atoms with Gasteiger partial charge in [-0.05, 0) is 76.1 Å². The molecule has 0 atom stereocenters. The van der Waals surface area contributed by atoms with Crippen LogP contribution in [0.4, 0.5) is 0 Å². The van der Waals surface area contributed by atoms with Crippen LogP contribution >= 0.6 is 0 Å². The SMILES string of the molecule is CCOc1ccc(C(=O)N(CC)CC)cc1COc1ccc(C)c(C)c1. The number of benzene rings is 2. The number of amides is 1. The summed E-state index contributed by atoms with van der Waals surface area (Å²) in [6.45, 7) is 12.4. The molecule has 1 amide bonds. The third kappa shape index (κ3) is 4.78.